The Morgan fingerprint density at radius 3 is 2.57 bits per heavy atom. The van der Waals surface area contributed by atoms with Gasteiger partial charge in [-0.25, -0.2) is 13.1 Å². The minimum atomic E-state index is -3.78. The summed E-state index contributed by atoms with van der Waals surface area (Å²) >= 11 is 0. The van der Waals surface area contributed by atoms with Crippen molar-refractivity contribution in [1.29, 1.82) is 0 Å². The summed E-state index contributed by atoms with van der Waals surface area (Å²) in [5.41, 5.74) is 11.0. The Hall–Kier alpha value is -1.64. The zero-order valence-electron chi connectivity index (χ0n) is 13.1. The molecule has 5 N–H and O–H groups in total. The Kier molecular flexibility index (Phi) is 5.61. The molecule has 1 aliphatic rings. The van der Waals surface area contributed by atoms with E-state index in [1.54, 1.807) is 0 Å². The molecule has 1 amide bonds. The van der Waals surface area contributed by atoms with E-state index in [9.17, 15) is 13.2 Å². The van der Waals surface area contributed by atoms with Gasteiger partial charge in [-0.05, 0) is 37.0 Å². The molecule has 2 rings (SSSR count). The molecule has 128 valence electrons. The minimum absolute atomic E-state index is 0.0245. The summed E-state index contributed by atoms with van der Waals surface area (Å²) in [6, 6.07) is 3.73. The number of hydrogen-bond acceptors (Lipinski definition) is 5. The molecule has 0 aliphatic heterocycles. The Morgan fingerprint density at radius 2 is 2.04 bits per heavy atom. The number of sulfonamides is 1. The van der Waals surface area contributed by atoms with Crippen LogP contribution in [0.3, 0.4) is 0 Å². The van der Waals surface area contributed by atoms with Crippen molar-refractivity contribution in [1.82, 2.24) is 4.72 Å². The van der Waals surface area contributed by atoms with Crippen LogP contribution in [0.4, 0.5) is 0 Å². The van der Waals surface area contributed by atoms with Crippen LogP contribution < -0.4 is 20.9 Å². The van der Waals surface area contributed by atoms with Gasteiger partial charge in [0, 0.05) is 12.6 Å². The average molecular weight is 341 g/mol. The normalized spacial score (nSPS) is 17.1. The van der Waals surface area contributed by atoms with Gasteiger partial charge in [-0.2, -0.15) is 0 Å². The van der Waals surface area contributed by atoms with E-state index in [-0.39, 0.29) is 34.7 Å². The number of rotatable bonds is 7. The Balaban J connectivity index is 2.28. The van der Waals surface area contributed by atoms with Crippen LogP contribution in [0.5, 0.6) is 5.75 Å². The third-order valence-corrected chi connectivity index (χ3v) is 5.76. The fraction of sp³-hybridized carbons (Fsp3) is 0.533. The van der Waals surface area contributed by atoms with Crippen LogP contribution in [-0.4, -0.2) is 34.0 Å². The number of methoxy groups -OCH3 is 1. The zero-order valence-corrected chi connectivity index (χ0v) is 13.9. The lowest BCUT2D eigenvalue weighted by Crippen LogP contribution is -2.44. The molecule has 7 nitrogen and oxygen atoms in total. The van der Waals surface area contributed by atoms with Gasteiger partial charge in [-0.3, -0.25) is 4.79 Å². The van der Waals surface area contributed by atoms with Crippen LogP contribution in [0, 0.1) is 5.92 Å². The van der Waals surface area contributed by atoms with E-state index >= 15 is 0 Å². The first-order valence-corrected chi connectivity index (χ1v) is 9.07. The largest absolute Gasteiger partial charge is 0.496 e. The lowest BCUT2D eigenvalue weighted by molar-refractivity contribution is 0.0997. The number of ether oxygens (including phenoxy) is 1. The lowest BCUT2D eigenvalue weighted by atomic mass is 9.99. The van der Waals surface area contributed by atoms with Gasteiger partial charge >= 0.3 is 0 Å². The van der Waals surface area contributed by atoms with E-state index in [0.717, 1.165) is 25.7 Å². The Labute approximate surface area is 136 Å². The van der Waals surface area contributed by atoms with Gasteiger partial charge in [0.1, 0.15) is 5.75 Å². The highest BCUT2D eigenvalue weighted by molar-refractivity contribution is 7.89. The van der Waals surface area contributed by atoms with Crippen LogP contribution in [0.2, 0.25) is 0 Å². The Bertz CT molecular complexity index is 669. The summed E-state index contributed by atoms with van der Waals surface area (Å²) in [6.07, 6.45) is 4.13. The SMILES string of the molecule is COc1ccc(S(=O)(=O)NC(CN)C2CCCC2)cc1C(N)=O. The highest BCUT2D eigenvalue weighted by atomic mass is 32.2. The topological polar surface area (TPSA) is 125 Å². The molecule has 0 bridgehead atoms. The maximum Gasteiger partial charge on any atom is 0.252 e. The molecule has 0 aromatic heterocycles. The number of hydrogen-bond donors (Lipinski definition) is 3. The molecule has 1 fully saturated rings. The maximum absolute atomic E-state index is 12.6. The molecular formula is C15H23N3O4S. The van der Waals surface area contributed by atoms with Crippen molar-refractivity contribution in [3.8, 4) is 5.75 Å². The third-order valence-electron chi connectivity index (χ3n) is 4.28. The number of nitrogens with two attached hydrogens (primary N) is 2. The third kappa shape index (κ3) is 4.01. The number of amides is 1. The van der Waals surface area contributed by atoms with Crippen molar-refractivity contribution < 1.29 is 17.9 Å². The molecule has 8 heteroatoms. The first-order valence-electron chi connectivity index (χ1n) is 7.59. The second-order valence-electron chi connectivity index (χ2n) is 5.73. The van der Waals surface area contributed by atoms with E-state index in [0.29, 0.717) is 0 Å². The van der Waals surface area contributed by atoms with Crippen molar-refractivity contribution in [2.24, 2.45) is 17.4 Å². The van der Waals surface area contributed by atoms with Gasteiger partial charge in [0.05, 0.1) is 17.6 Å². The summed E-state index contributed by atoms with van der Waals surface area (Å²) in [4.78, 5) is 11.4. The number of primary amides is 1. The highest BCUT2D eigenvalue weighted by Gasteiger charge is 2.29. The monoisotopic (exact) mass is 341 g/mol. The average Bonchev–Trinajstić information content (AvgIpc) is 3.06. The minimum Gasteiger partial charge on any atom is -0.496 e. The van der Waals surface area contributed by atoms with Gasteiger partial charge in [0.25, 0.3) is 5.91 Å². The summed E-state index contributed by atoms with van der Waals surface area (Å²) in [6.45, 7) is 0.239. The van der Waals surface area contributed by atoms with Gasteiger partial charge in [-0.15, -0.1) is 0 Å². The van der Waals surface area contributed by atoms with Gasteiger partial charge in [0.2, 0.25) is 10.0 Å². The van der Waals surface area contributed by atoms with E-state index in [4.69, 9.17) is 16.2 Å². The fourth-order valence-corrected chi connectivity index (χ4v) is 4.35. The van der Waals surface area contributed by atoms with Crippen LogP contribution in [0.25, 0.3) is 0 Å². The van der Waals surface area contributed by atoms with Crippen molar-refractivity contribution in [3.05, 3.63) is 23.8 Å². The predicted molar refractivity (Wildman–Crippen MR) is 86.6 cm³/mol. The highest BCUT2D eigenvalue weighted by Crippen LogP contribution is 2.28. The molecule has 1 aromatic rings. The molecule has 1 atom stereocenters. The van der Waals surface area contributed by atoms with Crippen molar-refractivity contribution in [3.63, 3.8) is 0 Å². The van der Waals surface area contributed by atoms with Gasteiger partial charge < -0.3 is 16.2 Å². The van der Waals surface area contributed by atoms with Crippen LogP contribution >= 0.6 is 0 Å². The zero-order chi connectivity index (χ0) is 17.0. The summed E-state index contributed by atoms with van der Waals surface area (Å²) < 4.78 is 32.8. The number of nitrogens with one attached hydrogen (secondary N) is 1. The molecule has 1 aromatic carbocycles. The van der Waals surface area contributed by atoms with Crippen LogP contribution in [0.1, 0.15) is 36.0 Å². The number of carbonyl (C=O) groups excluding carboxylic acids is 1. The fourth-order valence-electron chi connectivity index (χ4n) is 3.01. The second kappa shape index (κ2) is 7.29. The lowest BCUT2D eigenvalue weighted by Gasteiger charge is -2.23. The molecule has 1 unspecified atom stereocenters. The molecule has 0 radical (unpaired) electrons. The first kappa shape index (κ1) is 17.7. The predicted octanol–water partition coefficient (Wildman–Crippen LogP) is 0.590. The smallest absolute Gasteiger partial charge is 0.252 e. The van der Waals surface area contributed by atoms with Crippen molar-refractivity contribution in [2.45, 2.75) is 36.6 Å². The van der Waals surface area contributed by atoms with Gasteiger partial charge in [0.15, 0.2) is 0 Å². The number of carbonyl (C=O) groups is 1. The summed E-state index contributed by atoms with van der Waals surface area (Å²) in [5.74, 6) is -0.253. The van der Waals surface area contributed by atoms with Crippen LogP contribution in [-0.2, 0) is 10.0 Å². The maximum atomic E-state index is 12.6. The van der Waals surface area contributed by atoms with Crippen LogP contribution in [0.15, 0.2) is 23.1 Å². The van der Waals surface area contributed by atoms with Gasteiger partial charge in [-0.1, -0.05) is 12.8 Å². The molecule has 0 heterocycles. The van der Waals surface area contributed by atoms with E-state index in [2.05, 4.69) is 4.72 Å². The quantitative estimate of drug-likeness (QED) is 0.669. The molecule has 1 saturated carbocycles. The molecule has 0 saturated heterocycles. The summed E-state index contributed by atoms with van der Waals surface area (Å²) in [7, 11) is -2.40. The second-order valence-corrected chi connectivity index (χ2v) is 7.45. The standard InChI is InChI=1S/C15H23N3O4S/c1-22-14-7-6-11(8-12(14)15(17)19)23(20,21)18-13(9-16)10-4-2-3-5-10/h6-8,10,13,18H,2-5,9,16H2,1H3,(H2,17,19). The van der Waals surface area contributed by atoms with Crippen molar-refractivity contribution >= 4 is 15.9 Å². The van der Waals surface area contributed by atoms with E-state index < -0.39 is 15.9 Å². The molecule has 23 heavy (non-hydrogen) atoms. The van der Waals surface area contributed by atoms with E-state index in [1.807, 2.05) is 0 Å². The molecule has 0 spiro atoms. The van der Waals surface area contributed by atoms with Crippen molar-refractivity contribution in [2.75, 3.05) is 13.7 Å². The Morgan fingerprint density at radius 1 is 1.39 bits per heavy atom. The molecule has 1 aliphatic carbocycles. The van der Waals surface area contributed by atoms with E-state index in [1.165, 1.54) is 25.3 Å². The first-order chi connectivity index (χ1) is 10.9. The molecular weight excluding hydrogens is 318 g/mol. The summed E-state index contributed by atoms with van der Waals surface area (Å²) in [5, 5.41) is 0. The number of benzene rings is 1.